The Balaban J connectivity index is 1.99. The molecule has 154 valence electrons. The first-order valence-electron chi connectivity index (χ1n) is 9.75. The molecule has 0 fully saturated rings. The minimum Gasteiger partial charge on any atom is -0.370 e. The van der Waals surface area contributed by atoms with Gasteiger partial charge in [-0.15, -0.1) is 0 Å². The SMILES string of the molecule is CC(O)OCCOC(C)(C)C(F)CN(Cc1ccccc1)Cc1ccccc1. The van der Waals surface area contributed by atoms with Crippen molar-refractivity contribution in [3.8, 4) is 0 Å². The first-order chi connectivity index (χ1) is 13.4. The molecule has 0 aromatic heterocycles. The average molecular weight is 390 g/mol. The van der Waals surface area contributed by atoms with E-state index in [0.29, 0.717) is 13.1 Å². The maximum Gasteiger partial charge on any atom is 0.151 e. The summed E-state index contributed by atoms with van der Waals surface area (Å²) >= 11 is 0. The Bertz CT molecular complexity index is 623. The van der Waals surface area contributed by atoms with Gasteiger partial charge >= 0.3 is 0 Å². The van der Waals surface area contributed by atoms with Gasteiger partial charge in [0, 0.05) is 19.6 Å². The number of halogens is 1. The molecule has 0 radical (unpaired) electrons. The van der Waals surface area contributed by atoms with Gasteiger partial charge in [-0.25, -0.2) is 4.39 Å². The molecule has 0 bridgehead atoms. The monoisotopic (exact) mass is 389 g/mol. The van der Waals surface area contributed by atoms with Crippen LogP contribution in [0.5, 0.6) is 0 Å². The fourth-order valence-electron chi connectivity index (χ4n) is 2.93. The van der Waals surface area contributed by atoms with E-state index in [9.17, 15) is 0 Å². The standard InChI is InChI=1S/C23H32FNO3/c1-19(26)27-14-15-28-23(2,3)22(24)18-25(16-20-10-6-4-7-11-20)17-21-12-8-5-9-13-21/h4-13,19,22,26H,14-18H2,1-3H3. The van der Waals surface area contributed by atoms with Crippen molar-refractivity contribution in [3.05, 3.63) is 71.8 Å². The maximum absolute atomic E-state index is 15.2. The van der Waals surface area contributed by atoms with Gasteiger partial charge < -0.3 is 14.6 Å². The molecular weight excluding hydrogens is 357 g/mol. The van der Waals surface area contributed by atoms with Crippen LogP contribution < -0.4 is 0 Å². The number of hydrogen-bond donors (Lipinski definition) is 1. The van der Waals surface area contributed by atoms with Crippen LogP contribution in [0.4, 0.5) is 4.39 Å². The second-order valence-electron chi connectivity index (χ2n) is 7.53. The van der Waals surface area contributed by atoms with Crippen LogP contribution in [-0.2, 0) is 22.6 Å². The number of aliphatic hydroxyl groups is 1. The third kappa shape index (κ3) is 8.07. The minimum absolute atomic E-state index is 0.228. The van der Waals surface area contributed by atoms with E-state index >= 15 is 4.39 Å². The summed E-state index contributed by atoms with van der Waals surface area (Å²) in [5, 5.41) is 9.13. The van der Waals surface area contributed by atoms with E-state index < -0.39 is 18.1 Å². The van der Waals surface area contributed by atoms with Gasteiger partial charge in [0.25, 0.3) is 0 Å². The van der Waals surface area contributed by atoms with Crippen molar-refractivity contribution in [2.45, 2.75) is 51.9 Å². The molecule has 0 spiro atoms. The summed E-state index contributed by atoms with van der Waals surface area (Å²) in [6, 6.07) is 20.2. The largest absolute Gasteiger partial charge is 0.370 e. The number of rotatable bonds is 12. The highest BCUT2D eigenvalue weighted by atomic mass is 19.1. The van der Waals surface area contributed by atoms with Crippen molar-refractivity contribution in [2.75, 3.05) is 19.8 Å². The summed E-state index contributed by atoms with van der Waals surface area (Å²) in [6.45, 7) is 7.09. The van der Waals surface area contributed by atoms with Gasteiger partial charge in [0.05, 0.1) is 18.8 Å². The summed E-state index contributed by atoms with van der Waals surface area (Å²) in [7, 11) is 0. The first-order valence-corrected chi connectivity index (χ1v) is 9.75. The van der Waals surface area contributed by atoms with E-state index in [-0.39, 0.29) is 19.8 Å². The molecule has 2 rings (SSSR count). The topological polar surface area (TPSA) is 41.9 Å². The van der Waals surface area contributed by atoms with E-state index in [1.165, 1.54) is 6.92 Å². The van der Waals surface area contributed by atoms with E-state index in [4.69, 9.17) is 14.6 Å². The van der Waals surface area contributed by atoms with Crippen LogP contribution in [0.15, 0.2) is 60.7 Å². The zero-order chi connectivity index (χ0) is 20.4. The van der Waals surface area contributed by atoms with Crippen molar-refractivity contribution < 1.29 is 19.0 Å². The summed E-state index contributed by atoms with van der Waals surface area (Å²) in [6.07, 6.45) is -2.02. The predicted molar refractivity (Wildman–Crippen MR) is 110 cm³/mol. The Morgan fingerprint density at radius 1 is 0.929 bits per heavy atom. The molecule has 4 nitrogen and oxygen atoms in total. The summed E-state index contributed by atoms with van der Waals surface area (Å²) in [4.78, 5) is 2.10. The molecule has 0 aliphatic rings. The van der Waals surface area contributed by atoms with Gasteiger partial charge in [0.1, 0.15) is 6.17 Å². The second kappa shape index (κ2) is 11.3. The molecule has 28 heavy (non-hydrogen) atoms. The van der Waals surface area contributed by atoms with Crippen LogP contribution in [0, 0.1) is 0 Å². The number of nitrogens with zero attached hydrogens (tertiary/aromatic N) is 1. The Labute approximate surface area is 167 Å². The van der Waals surface area contributed by atoms with Crippen LogP contribution in [0.3, 0.4) is 0 Å². The Kier molecular flexibility index (Phi) is 9.06. The number of ether oxygens (including phenoxy) is 2. The van der Waals surface area contributed by atoms with E-state index in [2.05, 4.69) is 29.2 Å². The highest BCUT2D eigenvalue weighted by Gasteiger charge is 2.32. The lowest BCUT2D eigenvalue weighted by atomic mass is 10.0. The first kappa shape index (κ1) is 22.5. The molecule has 1 N–H and O–H groups in total. The molecule has 2 aromatic carbocycles. The molecule has 5 heteroatoms. The molecule has 2 atom stereocenters. The van der Waals surface area contributed by atoms with Gasteiger partial charge in [-0.05, 0) is 31.9 Å². The Hall–Kier alpha value is -1.79. The number of hydrogen-bond acceptors (Lipinski definition) is 4. The molecule has 0 amide bonds. The quantitative estimate of drug-likeness (QED) is 0.437. The molecule has 0 saturated carbocycles. The predicted octanol–water partition coefficient (Wildman–Crippen LogP) is 4.18. The molecule has 2 unspecified atom stereocenters. The van der Waals surface area contributed by atoms with E-state index in [1.807, 2.05) is 36.4 Å². The Morgan fingerprint density at radius 2 is 1.43 bits per heavy atom. The Morgan fingerprint density at radius 3 is 1.89 bits per heavy atom. The normalized spacial score (nSPS) is 14.2. The van der Waals surface area contributed by atoms with Gasteiger partial charge in [-0.1, -0.05) is 60.7 Å². The number of aliphatic hydroxyl groups excluding tert-OH is 1. The zero-order valence-electron chi connectivity index (χ0n) is 17.1. The fraction of sp³-hybridized carbons (Fsp3) is 0.478. The minimum atomic E-state index is -1.17. The van der Waals surface area contributed by atoms with Crippen LogP contribution in [0.2, 0.25) is 0 Å². The summed E-state index contributed by atoms with van der Waals surface area (Å²) in [5.41, 5.74) is 1.35. The van der Waals surface area contributed by atoms with Gasteiger partial charge in [-0.2, -0.15) is 0 Å². The number of alkyl halides is 1. The maximum atomic E-state index is 15.2. The van der Waals surface area contributed by atoms with Gasteiger partial charge in [0.15, 0.2) is 6.29 Å². The highest BCUT2D eigenvalue weighted by molar-refractivity contribution is 5.17. The number of benzene rings is 2. The lowest BCUT2D eigenvalue weighted by Crippen LogP contribution is -2.44. The summed E-state index contributed by atoms with van der Waals surface area (Å²) in [5.74, 6) is 0. The van der Waals surface area contributed by atoms with Crippen molar-refractivity contribution in [1.82, 2.24) is 4.90 Å². The van der Waals surface area contributed by atoms with Gasteiger partial charge in [-0.3, -0.25) is 4.90 Å². The molecule has 0 aliphatic heterocycles. The third-order valence-electron chi connectivity index (χ3n) is 4.59. The third-order valence-corrected chi connectivity index (χ3v) is 4.59. The van der Waals surface area contributed by atoms with Crippen molar-refractivity contribution in [2.24, 2.45) is 0 Å². The lowest BCUT2D eigenvalue weighted by molar-refractivity contribution is -0.133. The molecule has 2 aromatic rings. The van der Waals surface area contributed by atoms with Crippen LogP contribution in [0.25, 0.3) is 0 Å². The lowest BCUT2D eigenvalue weighted by Gasteiger charge is -2.33. The van der Waals surface area contributed by atoms with Crippen LogP contribution >= 0.6 is 0 Å². The van der Waals surface area contributed by atoms with E-state index in [0.717, 1.165) is 11.1 Å². The second-order valence-corrected chi connectivity index (χ2v) is 7.53. The van der Waals surface area contributed by atoms with Crippen LogP contribution in [0.1, 0.15) is 31.9 Å². The molecule has 0 aliphatic carbocycles. The smallest absolute Gasteiger partial charge is 0.151 e. The molecule has 0 saturated heterocycles. The van der Waals surface area contributed by atoms with Crippen molar-refractivity contribution >= 4 is 0 Å². The van der Waals surface area contributed by atoms with Crippen LogP contribution in [-0.4, -0.2) is 47.8 Å². The highest BCUT2D eigenvalue weighted by Crippen LogP contribution is 2.21. The van der Waals surface area contributed by atoms with Gasteiger partial charge in [0.2, 0.25) is 0 Å². The fourth-order valence-corrected chi connectivity index (χ4v) is 2.93. The summed E-state index contributed by atoms with van der Waals surface area (Å²) < 4.78 is 25.9. The van der Waals surface area contributed by atoms with Crippen molar-refractivity contribution in [3.63, 3.8) is 0 Å². The van der Waals surface area contributed by atoms with Crippen molar-refractivity contribution in [1.29, 1.82) is 0 Å². The molecule has 0 heterocycles. The molecular formula is C23H32FNO3. The average Bonchev–Trinajstić information content (AvgIpc) is 2.66. The zero-order valence-corrected chi connectivity index (χ0v) is 17.1. The van der Waals surface area contributed by atoms with E-state index in [1.54, 1.807) is 13.8 Å².